The molecule has 0 bridgehead atoms. The van der Waals surface area contributed by atoms with Gasteiger partial charge < -0.3 is 15.4 Å². The van der Waals surface area contributed by atoms with E-state index in [0.717, 1.165) is 32.5 Å². The molecule has 4 heteroatoms. The van der Waals surface area contributed by atoms with Gasteiger partial charge in [0.15, 0.2) is 5.96 Å². The van der Waals surface area contributed by atoms with Crippen molar-refractivity contribution in [3.8, 4) is 0 Å². The summed E-state index contributed by atoms with van der Waals surface area (Å²) in [5, 5.41) is 0. The molecule has 0 aliphatic carbocycles. The van der Waals surface area contributed by atoms with E-state index in [-0.39, 0.29) is 0 Å². The molecule has 1 aliphatic heterocycles. The molecule has 1 saturated heterocycles. The first-order valence-corrected chi connectivity index (χ1v) is 4.86. The van der Waals surface area contributed by atoms with Gasteiger partial charge in [-0.05, 0) is 19.8 Å². The Morgan fingerprint density at radius 2 is 2.46 bits per heavy atom. The van der Waals surface area contributed by atoms with Crippen LogP contribution in [0.15, 0.2) is 4.99 Å². The topological polar surface area (TPSA) is 50.9 Å². The fourth-order valence-electron chi connectivity index (χ4n) is 1.66. The Balaban J connectivity index is 2.41. The third-order valence-corrected chi connectivity index (χ3v) is 2.33. The van der Waals surface area contributed by atoms with Crippen molar-refractivity contribution in [2.75, 3.05) is 26.7 Å². The van der Waals surface area contributed by atoms with E-state index in [1.807, 2.05) is 6.92 Å². The SMILES string of the molecule is CCOC1CCCN(C(N)=NC)C1. The maximum Gasteiger partial charge on any atom is 0.191 e. The Bertz CT molecular complexity index is 180. The number of nitrogens with zero attached hydrogens (tertiary/aromatic N) is 2. The van der Waals surface area contributed by atoms with Crippen molar-refractivity contribution in [2.24, 2.45) is 10.7 Å². The predicted octanol–water partition coefficient (Wildman–Crippen LogP) is 0.432. The van der Waals surface area contributed by atoms with E-state index in [0.29, 0.717) is 12.1 Å². The van der Waals surface area contributed by atoms with Crippen molar-refractivity contribution in [1.29, 1.82) is 0 Å². The van der Waals surface area contributed by atoms with Gasteiger partial charge in [-0.25, -0.2) is 0 Å². The molecule has 1 heterocycles. The van der Waals surface area contributed by atoms with Crippen molar-refractivity contribution >= 4 is 5.96 Å². The van der Waals surface area contributed by atoms with Crippen molar-refractivity contribution in [1.82, 2.24) is 4.90 Å². The second kappa shape index (κ2) is 5.07. The average Bonchev–Trinajstić information content (AvgIpc) is 2.18. The summed E-state index contributed by atoms with van der Waals surface area (Å²) in [5.74, 6) is 0.629. The number of likely N-dealkylation sites (tertiary alicyclic amines) is 1. The third kappa shape index (κ3) is 2.88. The van der Waals surface area contributed by atoms with Gasteiger partial charge in [0, 0.05) is 26.7 Å². The maximum atomic E-state index is 5.73. The highest BCUT2D eigenvalue weighted by Gasteiger charge is 2.20. The lowest BCUT2D eigenvalue weighted by Crippen LogP contribution is -2.46. The molecule has 0 radical (unpaired) electrons. The largest absolute Gasteiger partial charge is 0.377 e. The smallest absolute Gasteiger partial charge is 0.191 e. The van der Waals surface area contributed by atoms with Gasteiger partial charge in [-0.1, -0.05) is 0 Å². The summed E-state index contributed by atoms with van der Waals surface area (Å²) in [7, 11) is 1.72. The molecule has 76 valence electrons. The highest BCUT2D eigenvalue weighted by atomic mass is 16.5. The molecule has 4 nitrogen and oxygen atoms in total. The molecule has 0 aromatic carbocycles. The number of hydrogen-bond acceptors (Lipinski definition) is 2. The Morgan fingerprint density at radius 1 is 1.69 bits per heavy atom. The first-order valence-electron chi connectivity index (χ1n) is 4.86. The molecular formula is C9H19N3O. The van der Waals surface area contributed by atoms with E-state index in [4.69, 9.17) is 10.5 Å². The van der Waals surface area contributed by atoms with E-state index in [9.17, 15) is 0 Å². The van der Waals surface area contributed by atoms with Crippen LogP contribution in [-0.4, -0.2) is 43.7 Å². The molecule has 0 saturated carbocycles. The first-order chi connectivity index (χ1) is 6.27. The summed E-state index contributed by atoms with van der Waals surface area (Å²) < 4.78 is 5.56. The lowest BCUT2D eigenvalue weighted by Gasteiger charge is -2.32. The molecule has 0 amide bonds. The minimum absolute atomic E-state index is 0.332. The van der Waals surface area contributed by atoms with Crippen LogP contribution in [0.1, 0.15) is 19.8 Å². The van der Waals surface area contributed by atoms with Crippen LogP contribution in [0.5, 0.6) is 0 Å². The zero-order valence-corrected chi connectivity index (χ0v) is 8.49. The number of piperidine rings is 1. The van der Waals surface area contributed by atoms with Crippen molar-refractivity contribution < 1.29 is 4.74 Å². The zero-order valence-electron chi connectivity index (χ0n) is 8.49. The fourth-order valence-corrected chi connectivity index (χ4v) is 1.66. The molecule has 1 aliphatic rings. The van der Waals surface area contributed by atoms with E-state index in [2.05, 4.69) is 9.89 Å². The predicted molar refractivity (Wildman–Crippen MR) is 53.8 cm³/mol. The summed E-state index contributed by atoms with van der Waals surface area (Å²) >= 11 is 0. The second-order valence-electron chi connectivity index (χ2n) is 3.25. The van der Waals surface area contributed by atoms with Gasteiger partial charge in [0.2, 0.25) is 0 Å². The van der Waals surface area contributed by atoms with Gasteiger partial charge >= 0.3 is 0 Å². The number of rotatable bonds is 2. The Labute approximate surface area is 79.8 Å². The van der Waals surface area contributed by atoms with Crippen LogP contribution in [0, 0.1) is 0 Å². The maximum absolute atomic E-state index is 5.73. The molecule has 0 aromatic heterocycles. The van der Waals surface area contributed by atoms with E-state index >= 15 is 0 Å². The van der Waals surface area contributed by atoms with Crippen molar-refractivity contribution in [3.63, 3.8) is 0 Å². The molecule has 1 atom stereocenters. The minimum atomic E-state index is 0.332. The number of guanidine groups is 1. The summed E-state index contributed by atoms with van der Waals surface area (Å²) in [5.41, 5.74) is 5.73. The monoisotopic (exact) mass is 185 g/mol. The van der Waals surface area contributed by atoms with Gasteiger partial charge in [-0.15, -0.1) is 0 Å². The van der Waals surface area contributed by atoms with Gasteiger partial charge in [-0.2, -0.15) is 0 Å². The normalized spacial score (nSPS) is 24.9. The number of hydrogen-bond donors (Lipinski definition) is 1. The molecule has 1 unspecified atom stereocenters. The average molecular weight is 185 g/mol. The lowest BCUT2D eigenvalue weighted by molar-refractivity contribution is 0.0233. The molecule has 1 rings (SSSR count). The van der Waals surface area contributed by atoms with E-state index < -0.39 is 0 Å². The lowest BCUT2D eigenvalue weighted by atomic mass is 10.1. The van der Waals surface area contributed by atoms with Gasteiger partial charge in [0.05, 0.1) is 6.10 Å². The van der Waals surface area contributed by atoms with Crippen LogP contribution >= 0.6 is 0 Å². The van der Waals surface area contributed by atoms with Gasteiger partial charge in [0.25, 0.3) is 0 Å². The molecule has 0 aromatic rings. The van der Waals surface area contributed by atoms with E-state index in [1.54, 1.807) is 7.05 Å². The van der Waals surface area contributed by atoms with Crippen LogP contribution in [0.3, 0.4) is 0 Å². The van der Waals surface area contributed by atoms with Crippen LogP contribution in [0.2, 0.25) is 0 Å². The summed E-state index contributed by atoms with van der Waals surface area (Å²) in [4.78, 5) is 6.06. The van der Waals surface area contributed by atoms with E-state index in [1.165, 1.54) is 0 Å². The molecular weight excluding hydrogens is 166 g/mol. The van der Waals surface area contributed by atoms with Crippen LogP contribution < -0.4 is 5.73 Å². The first kappa shape index (κ1) is 10.3. The second-order valence-corrected chi connectivity index (χ2v) is 3.25. The summed E-state index contributed by atoms with van der Waals surface area (Å²) in [6, 6.07) is 0. The summed E-state index contributed by atoms with van der Waals surface area (Å²) in [6.07, 6.45) is 2.61. The Hall–Kier alpha value is -0.770. The quantitative estimate of drug-likeness (QED) is 0.501. The molecule has 2 N–H and O–H groups in total. The number of ether oxygens (including phenoxy) is 1. The molecule has 0 spiro atoms. The highest BCUT2D eigenvalue weighted by molar-refractivity contribution is 5.78. The van der Waals surface area contributed by atoms with Gasteiger partial charge in [-0.3, -0.25) is 4.99 Å². The highest BCUT2D eigenvalue weighted by Crippen LogP contribution is 2.12. The van der Waals surface area contributed by atoms with Crippen molar-refractivity contribution in [3.05, 3.63) is 0 Å². The van der Waals surface area contributed by atoms with Crippen molar-refractivity contribution in [2.45, 2.75) is 25.9 Å². The third-order valence-electron chi connectivity index (χ3n) is 2.33. The van der Waals surface area contributed by atoms with Crippen LogP contribution in [0.25, 0.3) is 0 Å². The van der Waals surface area contributed by atoms with Crippen LogP contribution in [0.4, 0.5) is 0 Å². The minimum Gasteiger partial charge on any atom is -0.377 e. The number of nitrogens with two attached hydrogens (primary N) is 1. The molecule has 1 fully saturated rings. The Kier molecular flexibility index (Phi) is 4.02. The zero-order chi connectivity index (χ0) is 9.68. The number of aliphatic imine (C=N–C) groups is 1. The van der Waals surface area contributed by atoms with Gasteiger partial charge in [0.1, 0.15) is 0 Å². The molecule has 13 heavy (non-hydrogen) atoms. The van der Waals surface area contributed by atoms with Crippen LogP contribution in [-0.2, 0) is 4.74 Å². The Morgan fingerprint density at radius 3 is 3.08 bits per heavy atom. The summed E-state index contributed by atoms with van der Waals surface area (Å²) in [6.45, 7) is 4.70. The standard InChI is InChI=1S/C9H19N3O/c1-3-13-8-5-4-6-12(7-8)9(10)11-2/h8H,3-7H2,1-2H3,(H2,10,11). The fraction of sp³-hybridized carbons (Fsp3) is 0.889.